The molecule has 1 heterocycles. The SMILES string of the molecule is C=C(C)CNC(=S)N(C)Cc1cn(-c2ccccc2)nc1-c1ccccc1. The summed E-state index contributed by atoms with van der Waals surface area (Å²) in [4.78, 5) is 2.02. The molecule has 0 amide bonds. The van der Waals surface area contributed by atoms with E-state index in [1.54, 1.807) is 0 Å². The van der Waals surface area contributed by atoms with Crippen LogP contribution in [0.15, 0.2) is 79.0 Å². The minimum Gasteiger partial charge on any atom is -0.359 e. The average Bonchev–Trinajstić information content (AvgIpc) is 3.11. The van der Waals surface area contributed by atoms with Gasteiger partial charge in [0.25, 0.3) is 0 Å². The zero-order valence-corrected chi connectivity index (χ0v) is 16.5. The molecule has 5 heteroatoms. The molecule has 3 aromatic rings. The molecule has 2 aromatic carbocycles. The molecule has 0 saturated heterocycles. The average molecular weight is 377 g/mol. The fourth-order valence-electron chi connectivity index (χ4n) is 2.77. The number of benzene rings is 2. The van der Waals surface area contributed by atoms with Gasteiger partial charge in [-0.1, -0.05) is 60.7 Å². The van der Waals surface area contributed by atoms with Crippen LogP contribution in [0.4, 0.5) is 0 Å². The molecule has 0 bridgehead atoms. The molecular weight excluding hydrogens is 352 g/mol. The van der Waals surface area contributed by atoms with Gasteiger partial charge in [0, 0.05) is 37.5 Å². The van der Waals surface area contributed by atoms with Crippen LogP contribution < -0.4 is 5.32 Å². The molecule has 3 rings (SSSR count). The van der Waals surface area contributed by atoms with Crippen molar-refractivity contribution >= 4 is 17.3 Å². The quantitative estimate of drug-likeness (QED) is 0.510. The van der Waals surface area contributed by atoms with Gasteiger partial charge in [0.1, 0.15) is 0 Å². The van der Waals surface area contributed by atoms with E-state index in [0.717, 1.165) is 28.1 Å². The fourth-order valence-corrected chi connectivity index (χ4v) is 2.90. The zero-order valence-electron chi connectivity index (χ0n) is 15.7. The minimum atomic E-state index is 0.666. The van der Waals surface area contributed by atoms with Gasteiger partial charge in [-0.2, -0.15) is 5.10 Å². The summed E-state index contributed by atoms with van der Waals surface area (Å²) in [6.45, 7) is 7.23. The Morgan fingerprint density at radius 3 is 2.37 bits per heavy atom. The molecule has 0 aliphatic rings. The summed E-state index contributed by atoms with van der Waals surface area (Å²) in [6.07, 6.45) is 2.08. The van der Waals surface area contributed by atoms with E-state index in [1.165, 1.54) is 0 Å². The standard InChI is InChI=1S/C22H24N4S/c1-17(2)14-23-22(27)25(3)15-19-16-26(20-12-8-5-9-13-20)24-21(19)18-10-6-4-7-11-18/h4-13,16H,1,14-15H2,2-3H3,(H,23,27). The Labute approximate surface area is 166 Å². The van der Waals surface area contributed by atoms with Crippen LogP contribution in [0.5, 0.6) is 0 Å². The van der Waals surface area contributed by atoms with Gasteiger partial charge in [-0.15, -0.1) is 0 Å². The molecule has 0 atom stereocenters. The summed E-state index contributed by atoms with van der Waals surface area (Å²) in [5.41, 5.74) is 5.26. The molecule has 4 nitrogen and oxygen atoms in total. The second kappa shape index (κ2) is 8.64. The number of thiocarbonyl (C=S) groups is 1. The summed E-state index contributed by atoms with van der Waals surface area (Å²) in [5.74, 6) is 0. The molecule has 0 aliphatic carbocycles. The van der Waals surface area contributed by atoms with Crippen LogP contribution in [0, 0.1) is 0 Å². The molecule has 0 spiro atoms. The van der Waals surface area contributed by atoms with Crippen molar-refractivity contribution in [3.05, 3.63) is 84.6 Å². The Hall–Kier alpha value is -2.92. The van der Waals surface area contributed by atoms with Gasteiger partial charge in [-0.3, -0.25) is 0 Å². The topological polar surface area (TPSA) is 33.1 Å². The normalized spacial score (nSPS) is 10.4. The first-order valence-corrected chi connectivity index (χ1v) is 9.28. The first-order chi connectivity index (χ1) is 13.0. The zero-order chi connectivity index (χ0) is 19.2. The molecule has 0 saturated carbocycles. The molecule has 138 valence electrons. The van der Waals surface area contributed by atoms with Crippen LogP contribution in [0.2, 0.25) is 0 Å². The highest BCUT2D eigenvalue weighted by Crippen LogP contribution is 2.24. The second-order valence-corrected chi connectivity index (χ2v) is 7.01. The van der Waals surface area contributed by atoms with Gasteiger partial charge in [-0.25, -0.2) is 4.68 Å². The molecule has 0 aliphatic heterocycles. The summed E-state index contributed by atoms with van der Waals surface area (Å²) in [6, 6.07) is 20.4. The lowest BCUT2D eigenvalue weighted by atomic mass is 10.1. The maximum atomic E-state index is 5.50. The van der Waals surface area contributed by atoms with Crippen LogP contribution in [-0.4, -0.2) is 33.4 Å². The summed E-state index contributed by atoms with van der Waals surface area (Å²) in [5, 5.41) is 8.78. The fraction of sp³-hybridized carbons (Fsp3) is 0.182. The summed E-state index contributed by atoms with van der Waals surface area (Å²) >= 11 is 5.50. The molecule has 1 N–H and O–H groups in total. The third-order valence-electron chi connectivity index (χ3n) is 4.15. The highest BCUT2D eigenvalue weighted by Gasteiger charge is 2.15. The second-order valence-electron chi connectivity index (χ2n) is 6.62. The summed E-state index contributed by atoms with van der Waals surface area (Å²) < 4.78 is 1.93. The van der Waals surface area contributed by atoms with Gasteiger partial charge in [0.2, 0.25) is 0 Å². The molecule has 1 aromatic heterocycles. The van der Waals surface area contributed by atoms with Crippen molar-refractivity contribution in [2.45, 2.75) is 13.5 Å². The van der Waals surface area contributed by atoms with Crippen molar-refractivity contribution in [1.29, 1.82) is 0 Å². The van der Waals surface area contributed by atoms with Gasteiger partial charge in [-0.05, 0) is 31.3 Å². The van der Waals surface area contributed by atoms with Crippen LogP contribution in [0.1, 0.15) is 12.5 Å². The largest absolute Gasteiger partial charge is 0.359 e. The number of rotatable bonds is 6. The smallest absolute Gasteiger partial charge is 0.169 e. The monoisotopic (exact) mass is 376 g/mol. The van der Waals surface area contributed by atoms with E-state index in [9.17, 15) is 0 Å². The predicted octanol–water partition coefficient (Wildman–Crippen LogP) is 4.42. The van der Waals surface area contributed by atoms with E-state index in [4.69, 9.17) is 17.3 Å². The van der Waals surface area contributed by atoms with Crippen molar-refractivity contribution < 1.29 is 0 Å². The van der Waals surface area contributed by atoms with Crippen LogP contribution in [-0.2, 0) is 6.54 Å². The Morgan fingerprint density at radius 2 is 1.74 bits per heavy atom. The Balaban J connectivity index is 1.90. The lowest BCUT2D eigenvalue weighted by molar-refractivity contribution is 0.492. The van der Waals surface area contributed by atoms with Crippen molar-refractivity contribution in [3.63, 3.8) is 0 Å². The number of nitrogens with one attached hydrogen (secondary N) is 1. The first kappa shape index (κ1) is 18.9. The van der Waals surface area contributed by atoms with E-state index in [0.29, 0.717) is 18.2 Å². The van der Waals surface area contributed by atoms with Crippen molar-refractivity contribution in [2.75, 3.05) is 13.6 Å². The van der Waals surface area contributed by atoms with Crippen LogP contribution in [0.25, 0.3) is 16.9 Å². The first-order valence-electron chi connectivity index (χ1n) is 8.87. The van der Waals surface area contributed by atoms with E-state index in [-0.39, 0.29) is 0 Å². The Kier molecular flexibility index (Phi) is 6.04. The van der Waals surface area contributed by atoms with Crippen LogP contribution >= 0.6 is 12.2 Å². The molecular formula is C22H24N4S. The Bertz CT molecular complexity index is 916. The molecule has 0 radical (unpaired) electrons. The van der Waals surface area contributed by atoms with E-state index in [1.807, 2.05) is 72.1 Å². The lowest BCUT2D eigenvalue weighted by Gasteiger charge is -2.21. The molecule has 27 heavy (non-hydrogen) atoms. The molecule has 0 fully saturated rings. The number of para-hydroxylation sites is 1. The maximum absolute atomic E-state index is 5.50. The minimum absolute atomic E-state index is 0.666. The van der Waals surface area contributed by atoms with E-state index >= 15 is 0 Å². The van der Waals surface area contributed by atoms with Crippen molar-refractivity contribution in [2.24, 2.45) is 0 Å². The number of aromatic nitrogens is 2. The van der Waals surface area contributed by atoms with Gasteiger partial charge in [0.05, 0.1) is 11.4 Å². The highest BCUT2D eigenvalue weighted by molar-refractivity contribution is 7.80. The van der Waals surface area contributed by atoms with Gasteiger partial charge >= 0.3 is 0 Å². The van der Waals surface area contributed by atoms with E-state index < -0.39 is 0 Å². The summed E-state index contributed by atoms with van der Waals surface area (Å²) in [7, 11) is 1.99. The van der Waals surface area contributed by atoms with Crippen LogP contribution in [0.3, 0.4) is 0 Å². The van der Waals surface area contributed by atoms with E-state index in [2.05, 4.69) is 30.2 Å². The maximum Gasteiger partial charge on any atom is 0.169 e. The highest BCUT2D eigenvalue weighted by atomic mass is 32.1. The predicted molar refractivity (Wildman–Crippen MR) is 116 cm³/mol. The third kappa shape index (κ3) is 4.83. The van der Waals surface area contributed by atoms with Gasteiger partial charge in [0.15, 0.2) is 5.11 Å². The third-order valence-corrected chi connectivity index (χ3v) is 4.61. The Morgan fingerprint density at radius 1 is 1.11 bits per heavy atom. The van der Waals surface area contributed by atoms with Gasteiger partial charge < -0.3 is 10.2 Å². The number of hydrogen-bond acceptors (Lipinski definition) is 2. The number of hydrogen-bond donors (Lipinski definition) is 1. The van der Waals surface area contributed by atoms with Crippen molar-refractivity contribution in [3.8, 4) is 16.9 Å². The lowest BCUT2D eigenvalue weighted by Crippen LogP contribution is -2.37. The molecule has 0 unspecified atom stereocenters. The number of nitrogens with zero attached hydrogens (tertiary/aromatic N) is 3. The van der Waals surface area contributed by atoms with Crippen molar-refractivity contribution in [1.82, 2.24) is 20.0 Å².